The average molecular weight is 516 g/mol. The van der Waals surface area contributed by atoms with Crippen molar-refractivity contribution in [3.63, 3.8) is 0 Å². The van der Waals surface area contributed by atoms with E-state index < -0.39 is 0 Å². The highest BCUT2D eigenvalue weighted by Gasteiger charge is 2.52. The van der Waals surface area contributed by atoms with Crippen molar-refractivity contribution in [2.75, 3.05) is 11.4 Å². The van der Waals surface area contributed by atoms with Gasteiger partial charge in [-0.2, -0.15) is 5.26 Å². The Morgan fingerprint density at radius 3 is 2.76 bits per heavy atom. The molecule has 1 aromatic carbocycles. The van der Waals surface area contributed by atoms with Gasteiger partial charge in [-0.1, -0.05) is 22.9 Å². The summed E-state index contributed by atoms with van der Waals surface area (Å²) in [5.74, 6) is 1.48. The number of anilines is 1. The number of carbonyl (C=O) groups is 2. The number of nitriles is 1. The summed E-state index contributed by atoms with van der Waals surface area (Å²) in [4.78, 5) is 31.7. The van der Waals surface area contributed by atoms with Gasteiger partial charge in [-0.25, -0.2) is 9.67 Å². The molecule has 2 aromatic heterocycles. The van der Waals surface area contributed by atoms with Crippen LogP contribution in [0.15, 0.2) is 36.5 Å². The van der Waals surface area contributed by atoms with Gasteiger partial charge in [0, 0.05) is 29.2 Å². The van der Waals surface area contributed by atoms with E-state index in [1.54, 1.807) is 27.9 Å². The molecule has 1 aliphatic heterocycles. The van der Waals surface area contributed by atoms with E-state index in [-0.39, 0.29) is 41.4 Å². The molecule has 0 radical (unpaired) electrons. The van der Waals surface area contributed by atoms with Crippen molar-refractivity contribution in [1.29, 1.82) is 5.26 Å². The minimum Gasteiger partial charge on any atom is -0.348 e. The number of hydrogen-bond donors (Lipinski definition) is 1. The molecule has 3 aliphatic rings. The molecule has 0 spiro atoms. The second kappa shape index (κ2) is 8.96. The topological polar surface area (TPSA) is 117 Å². The van der Waals surface area contributed by atoms with Gasteiger partial charge in [0.05, 0.1) is 23.9 Å². The van der Waals surface area contributed by atoms with Crippen molar-refractivity contribution in [3.05, 3.63) is 69.6 Å². The van der Waals surface area contributed by atoms with E-state index in [1.807, 2.05) is 32.0 Å². The van der Waals surface area contributed by atoms with Gasteiger partial charge in [0.2, 0.25) is 5.91 Å². The van der Waals surface area contributed by atoms with E-state index in [1.165, 1.54) is 0 Å². The summed E-state index contributed by atoms with van der Waals surface area (Å²) in [6.07, 6.45) is 4.13. The molecule has 2 saturated carbocycles. The second-order valence-electron chi connectivity index (χ2n) is 10.3. The molecule has 3 aromatic rings. The number of piperidine rings is 1. The van der Waals surface area contributed by atoms with Crippen LogP contribution in [0.25, 0.3) is 0 Å². The fourth-order valence-electron chi connectivity index (χ4n) is 5.57. The molecule has 0 unspecified atom stereocenters. The van der Waals surface area contributed by atoms with Crippen LogP contribution in [0.2, 0.25) is 5.02 Å². The Labute approximate surface area is 219 Å². The van der Waals surface area contributed by atoms with Gasteiger partial charge in [0.15, 0.2) is 5.69 Å². The lowest BCUT2D eigenvalue weighted by atomic mass is 9.74. The summed E-state index contributed by atoms with van der Waals surface area (Å²) in [6, 6.07) is 11.2. The van der Waals surface area contributed by atoms with Crippen molar-refractivity contribution in [3.8, 4) is 6.07 Å². The van der Waals surface area contributed by atoms with E-state index in [4.69, 9.17) is 16.6 Å². The zero-order valence-electron chi connectivity index (χ0n) is 20.6. The van der Waals surface area contributed by atoms with Gasteiger partial charge in [-0.3, -0.25) is 14.5 Å². The SMILES string of the molecule is Cc1nc(N2C[C@H]3C[C@H]3C2=O)ccc1[C@H](C)n1cc(C(=O)N[C@H]2C[C@@H](c3cc(Cl)ccc3C#N)C2)nn1. The first kappa shape index (κ1) is 23.6. The molecule has 6 rings (SSSR count). The molecule has 3 atom stereocenters. The minimum atomic E-state index is -0.273. The molecule has 2 amide bonds. The number of fused-ring (bicyclic) bond motifs is 1. The Kier molecular flexibility index (Phi) is 5.72. The smallest absolute Gasteiger partial charge is 0.273 e. The van der Waals surface area contributed by atoms with Crippen molar-refractivity contribution >= 4 is 29.2 Å². The number of aryl methyl sites for hydroxylation is 1. The second-order valence-corrected chi connectivity index (χ2v) is 10.8. The number of pyridine rings is 1. The predicted molar refractivity (Wildman–Crippen MR) is 136 cm³/mol. The Balaban J connectivity index is 1.08. The third kappa shape index (κ3) is 4.25. The number of benzene rings is 1. The third-order valence-corrected chi connectivity index (χ3v) is 8.18. The molecule has 9 nitrogen and oxygen atoms in total. The van der Waals surface area contributed by atoms with Crippen molar-refractivity contribution in [2.45, 2.75) is 51.1 Å². The number of nitrogens with zero attached hydrogens (tertiary/aromatic N) is 6. The molecule has 1 saturated heterocycles. The number of nitrogens with one attached hydrogen (secondary N) is 1. The van der Waals surface area contributed by atoms with Gasteiger partial charge >= 0.3 is 0 Å². The number of hydrogen-bond acceptors (Lipinski definition) is 6. The number of halogens is 1. The molecule has 188 valence electrons. The van der Waals surface area contributed by atoms with Crippen LogP contribution in [0.3, 0.4) is 0 Å². The minimum absolute atomic E-state index is 0.00363. The number of aromatic nitrogens is 4. The maximum atomic E-state index is 12.8. The van der Waals surface area contributed by atoms with Crippen molar-refractivity contribution in [1.82, 2.24) is 25.3 Å². The molecule has 0 bridgehead atoms. The van der Waals surface area contributed by atoms with Crippen molar-refractivity contribution in [2.24, 2.45) is 11.8 Å². The Morgan fingerprint density at radius 1 is 1.24 bits per heavy atom. The standard InChI is InChI=1S/C27H26ClN7O2/c1-14-21(5-6-25(30-14)34-12-18-9-23(18)27(34)37)15(2)35-13-24(32-33-35)26(36)31-20-7-17(8-20)22-10-19(28)4-3-16(22)11-29/h3-6,10,13,15,17-18,20,23H,7-9,12H2,1-2H3,(H,31,36)/t15-,17-,18+,20+,23+/m0/s1. The lowest BCUT2D eigenvalue weighted by Crippen LogP contribution is -2.43. The first-order chi connectivity index (χ1) is 17.8. The number of rotatable bonds is 6. The average Bonchev–Trinajstić information content (AvgIpc) is 3.31. The summed E-state index contributed by atoms with van der Waals surface area (Å²) in [7, 11) is 0. The first-order valence-electron chi connectivity index (χ1n) is 12.5. The van der Waals surface area contributed by atoms with Gasteiger partial charge in [0.25, 0.3) is 5.91 Å². The maximum absolute atomic E-state index is 12.8. The van der Waals surface area contributed by atoms with E-state index in [2.05, 4.69) is 21.7 Å². The Bertz CT molecular complexity index is 1460. The molecular formula is C27H26ClN7O2. The first-order valence-corrected chi connectivity index (χ1v) is 12.9. The molecule has 2 aliphatic carbocycles. The predicted octanol–water partition coefficient (Wildman–Crippen LogP) is 3.77. The zero-order chi connectivity index (χ0) is 25.8. The Morgan fingerprint density at radius 2 is 2.05 bits per heavy atom. The summed E-state index contributed by atoms with van der Waals surface area (Å²) < 4.78 is 1.66. The van der Waals surface area contributed by atoms with Crippen LogP contribution in [0, 0.1) is 30.1 Å². The number of carbonyl (C=O) groups excluding carboxylic acids is 2. The summed E-state index contributed by atoms with van der Waals surface area (Å²) in [5, 5.41) is 21.3. The largest absolute Gasteiger partial charge is 0.348 e. The van der Waals surface area contributed by atoms with Gasteiger partial charge in [-0.05, 0) is 80.3 Å². The van der Waals surface area contributed by atoms with Gasteiger partial charge in [0.1, 0.15) is 5.82 Å². The number of amides is 2. The van der Waals surface area contributed by atoms with Crippen LogP contribution >= 0.6 is 11.6 Å². The normalized spacial score (nSPS) is 24.7. The van der Waals surface area contributed by atoms with Crippen LogP contribution in [-0.4, -0.2) is 44.4 Å². The molecule has 1 N–H and O–H groups in total. The summed E-state index contributed by atoms with van der Waals surface area (Å²) in [5.41, 5.74) is 3.57. The van der Waals surface area contributed by atoms with E-state index in [0.29, 0.717) is 22.3 Å². The fourth-order valence-corrected chi connectivity index (χ4v) is 5.75. The Hall–Kier alpha value is -3.77. The van der Waals surface area contributed by atoms with Gasteiger partial charge < -0.3 is 5.32 Å². The van der Waals surface area contributed by atoms with E-state index in [0.717, 1.165) is 42.6 Å². The molecule has 3 heterocycles. The quantitative estimate of drug-likeness (QED) is 0.534. The highest BCUT2D eigenvalue weighted by molar-refractivity contribution is 6.30. The highest BCUT2D eigenvalue weighted by atomic mass is 35.5. The lowest BCUT2D eigenvalue weighted by Gasteiger charge is -2.36. The van der Waals surface area contributed by atoms with Crippen LogP contribution in [-0.2, 0) is 4.79 Å². The van der Waals surface area contributed by atoms with Crippen LogP contribution < -0.4 is 10.2 Å². The zero-order valence-corrected chi connectivity index (χ0v) is 21.3. The molecule has 37 heavy (non-hydrogen) atoms. The molecular weight excluding hydrogens is 490 g/mol. The van der Waals surface area contributed by atoms with E-state index in [9.17, 15) is 14.9 Å². The van der Waals surface area contributed by atoms with E-state index >= 15 is 0 Å². The fraction of sp³-hybridized carbons (Fsp3) is 0.407. The monoisotopic (exact) mass is 515 g/mol. The third-order valence-electron chi connectivity index (χ3n) is 7.95. The lowest BCUT2D eigenvalue weighted by molar-refractivity contribution is -0.118. The summed E-state index contributed by atoms with van der Waals surface area (Å²) in [6.45, 7) is 4.66. The maximum Gasteiger partial charge on any atom is 0.273 e. The molecule has 3 fully saturated rings. The molecule has 10 heteroatoms. The van der Waals surface area contributed by atoms with Crippen LogP contribution in [0.5, 0.6) is 0 Å². The van der Waals surface area contributed by atoms with Crippen molar-refractivity contribution < 1.29 is 9.59 Å². The van der Waals surface area contributed by atoms with Gasteiger partial charge in [-0.15, -0.1) is 5.10 Å². The summed E-state index contributed by atoms with van der Waals surface area (Å²) >= 11 is 6.12. The highest BCUT2D eigenvalue weighted by Crippen LogP contribution is 2.47. The van der Waals surface area contributed by atoms with Crippen LogP contribution in [0.4, 0.5) is 5.82 Å². The van der Waals surface area contributed by atoms with Crippen LogP contribution in [0.1, 0.15) is 71.0 Å².